The van der Waals surface area contributed by atoms with E-state index in [2.05, 4.69) is 10.6 Å². The van der Waals surface area contributed by atoms with Crippen molar-refractivity contribution in [2.75, 3.05) is 19.0 Å². The molecule has 0 aromatic heterocycles. The van der Waals surface area contributed by atoms with Crippen LogP contribution in [0.5, 0.6) is 5.75 Å². The van der Waals surface area contributed by atoms with Gasteiger partial charge in [0.15, 0.2) is 0 Å². The van der Waals surface area contributed by atoms with Crippen LogP contribution in [0.15, 0.2) is 18.2 Å². The van der Waals surface area contributed by atoms with E-state index in [4.69, 9.17) is 9.47 Å². The first-order chi connectivity index (χ1) is 15.4. The molecule has 0 unspecified atom stereocenters. The predicted octanol–water partition coefficient (Wildman–Crippen LogP) is 2.86. The summed E-state index contributed by atoms with van der Waals surface area (Å²) in [5.74, 6) is 0.243. The molecule has 2 aliphatic heterocycles. The lowest BCUT2D eigenvalue weighted by Gasteiger charge is -2.42. The van der Waals surface area contributed by atoms with Crippen molar-refractivity contribution in [3.63, 3.8) is 0 Å². The van der Waals surface area contributed by atoms with Gasteiger partial charge in [0, 0.05) is 25.2 Å². The molecule has 1 aromatic carbocycles. The number of rotatable bonds is 5. The van der Waals surface area contributed by atoms with Crippen molar-refractivity contribution in [2.24, 2.45) is 0 Å². The second kappa shape index (κ2) is 9.90. The van der Waals surface area contributed by atoms with Crippen LogP contribution in [0, 0.1) is 0 Å². The minimum atomic E-state index is -0.297. The summed E-state index contributed by atoms with van der Waals surface area (Å²) in [5.41, 5.74) is 1.00. The van der Waals surface area contributed by atoms with Crippen molar-refractivity contribution < 1.29 is 23.9 Å². The molecule has 0 radical (unpaired) electrons. The van der Waals surface area contributed by atoms with Crippen LogP contribution in [0.2, 0.25) is 0 Å². The van der Waals surface area contributed by atoms with Crippen LogP contribution >= 0.6 is 0 Å². The lowest BCUT2D eigenvalue weighted by Crippen LogP contribution is -2.54. The molecule has 174 valence electrons. The molecular weight excluding hydrogens is 410 g/mol. The fourth-order valence-electron chi connectivity index (χ4n) is 4.92. The third-order valence-electron chi connectivity index (χ3n) is 6.75. The van der Waals surface area contributed by atoms with Crippen molar-refractivity contribution in [2.45, 2.75) is 82.6 Å². The molecule has 1 aromatic rings. The second-order valence-corrected chi connectivity index (χ2v) is 9.03. The van der Waals surface area contributed by atoms with Crippen molar-refractivity contribution in [1.82, 2.24) is 10.2 Å². The molecule has 3 amide bonds. The van der Waals surface area contributed by atoms with Gasteiger partial charge in [0.1, 0.15) is 18.5 Å². The quantitative estimate of drug-likeness (QED) is 0.729. The van der Waals surface area contributed by atoms with E-state index in [0.29, 0.717) is 42.5 Å². The fraction of sp³-hybridized carbons (Fsp3) is 0.625. The monoisotopic (exact) mass is 443 g/mol. The Hall–Kier alpha value is -2.61. The molecular formula is C24H33N3O5. The van der Waals surface area contributed by atoms with Gasteiger partial charge >= 0.3 is 0 Å². The molecule has 1 aliphatic carbocycles. The Kier molecular flexibility index (Phi) is 6.98. The number of hydrogen-bond acceptors (Lipinski definition) is 5. The molecule has 2 N–H and O–H groups in total. The van der Waals surface area contributed by atoms with Gasteiger partial charge in [-0.05, 0) is 43.9 Å². The Labute approximate surface area is 189 Å². The number of amides is 3. The standard InChI is InChI=1S/C24H33N3O5/c1-3-22(28)26-16-8-11-20-18(12-16)24(30)27(2)19-10-9-17(32-21(19)14-31-20)13-23(29)25-15-6-4-5-7-15/h8,11-12,15,17,19,21H,3-7,9-10,13-14H2,1-2H3,(H,25,29)(H,26,28)/t17-,19-,21+/m0/s1. The summed E-state index contributed by atoms with van der Waals surface area (Å²) < 4.78 is 12.2. The highest BCUT2D eigenvalue weighted by molar-refractivity contribution is 5.99. The number of nitrogens with zero attached hydrogens (tertiary/aromatic N) is 1. The normalized spacial score (nSPS) is 25.8. The molecule has 4 rings (SSSR count). The van der Waals surface area contributed by atoms with Gasteiger partial charge in [-0.1, -0.05) is 19.8 Å². The van der Waals surface area contributed by atoms with Crippen LogP contribution in [0.3, 0.4) is 0 Å². The van der Waals surface area contributed by atoms with Gasteiger partial charge < -0.3 is 25.0 Å². The third-order valence-corrected chi connectivity index (χ3v) is 6.75. The van der Waals surface area contributed by atoms with Gasteiger partial charge in [0.25, 0.3) is 5.91 Å². The number of anilines is 1. The minimum Gasteiger partial charge on any atom is -0.490 e. The molecule has 8 heteroatoms. The molecule has 0 bridgehead atoms. The average Bonchev–Trinajstić information content (AvgIpc) is 3.29. The first-order valence-corrected chi connectivity index (χ1v) is 11.7. The summed E-state index contributed by atoms with van der Waals surface area (Å²) in [6.45, 7) is 2.08. The van der Waals surface area contributed by atoms with Crippen LogP contribution in [-0.2, 0) is 14.3 Å². The lowest BCUT2D eigenvalue weighted by molar-refractivity contribution is -0.134. The highest BCUT2D eigenvalue weighted by atomic mass is 16.5. The number of likely N-dealkylation sites (N-methyl/N-ethyl adjacent to an activating group) is 1. The summed E-state index contributed by atoms with van der Waals surface area (Å²) in [7, 11) is 1.78. The summed E-state index contributed by atoms with van der Waals surface area (Å²) in [4.78, 5) is 39.1. The highest BCUT2D eigenvalue weighted by Gasteiger charge is 2.39. The van der Waals surface area contributed by atoms with Crippen molar-refractivity contribution in [3.05, 3.63) is 23.8 Å². The first-order valence-electron chi connectivity index (χ1n) is 11.7. The van der Waals surface area contributed by atoms with Gasteiger partial charge in [0.05, 0.1) is 24.1 Å². The first kappa shape index (κ1) is 22.6. The van der Waals surface area contributed by atoms with Gasteiger partial charge in [-0.25, -0.2) is 0 Å². The van der Waals surface area contributed by atoms with E-state index in [1.54, 1.807) is 37.1 Å². The summed E-state index contributed by atoms with van der Waals surface area (Å²) in [5, 5.41) is 5.92. The number of ether oxygens (including phenoxy) is 2. The number of hydrogen-bond donors (Lipinski definition) is 2. The molecule has 3 aliphatic rings. The van der Waals surface area contributed by atoms with E-state index in [0.717, 1.165) is 25.7 Å². The molecule has 0 spiro atoms. The van der Waals surface area contributed by atoms with Gasteiger partial charge in [-0.2, -0.15) is 0 Å². The van der Waals surface area contributed by atoms with Crippen LogP contribution in [0.1, 0.15) is 68.6 Å². The van der Waals surface area contributed by atoms with Crippen LogP contribution in [-0.4, -0.2) is 60.6 Å². The smallest absolute Gasteiger partial charge is 0.257 e. The van der Waals surface area contributed by atoms with E-state index in [1.807, 2.05) is 0 Å². The molecule has 3 atom stereocenters. The Morgan fingerprint density at radius 2 is 1.91 bits per heavy atom. The van der Waals surface area contributed by atoms with Crippen molar-refractivity contribution in [1.29, 1.82) is 0 Å². The minimum absolute atomic E-state index is 0.0449. The van der Waals surface area contributed by atoms with Crippen LogP contribution in [0.25, 0.3) is 0 Å². The molecule has 1 saturated heterocycles. The third kappa shape index (κ3) is 5.06. The zero-order valence-electron chi connectivity index (χ0n) is 18.9. The van der Waals surface area contributed by atoms with Gasteiger partial charge in [0.2, 0.25) is 11.8 Å². The zero-order valence-corrected chi connectivity index (χ0v) is 18.9. The number of carbonyl (C=O) groups excluding carboxylic acids is 3. The second-order valence-electron chi connectivity index (χ2n) is 9.03. The highest BCUT2D eigenvalue weighted by Crippen LogP contribution is 2.32. The van der Waals surface area contributed by atoms with E-state index in [-0.39, 0.29) is 36.0 Å². The maximum atomic E-state index is 13.2. The zero-order chi connectivity index (χ0) is 22.7. The summed E-state index contributed by atoms with van der Waals surface area (Å²) >= 11 is 0. The maximum Gasteiger partial charge on any atom is 0.257 e. The summed E-state index contributed by atoms with van der Waals surface area (Å²) in [6, 6.07) is 5.29. The van der Waals surface area contributed by atoms with Gasteiger partial charge in [-0.3, -0.25) is 14.4 Å². The lowest BCUT2D eigenvalue weighted by atomic mass is 9.94. The number of benzene rings is 1. The van der Waals surface area contributed by atoms with Crippen molar-refractivity contribution in [3.8, 4) is 5.75 Å². The van der Waals surface area contributed by atoms with Crippen molar-refractivity contribution >= 4 is 23.4 Å². The molecule has 2 fully saturated rings. The van der Waals surface area contributed by atoms with Crippen LogP contribution < -0.4 is 15.4 Å². The Morgan fingerprint density at radius 1 is 1.12 bits per heavy atom. The molecule has 2 heterocycles. The number of fused-ring (bicyclic) bond motifs is 2. The van der Waals surface area contributed by atoms with E-state index >= 15 is 0 Å². The number of carbonyl (C=O) groups is 3. The Morgan fingerprint density at radius 3 is 2.66 bits per heavy atom. The van der Waals surface area contributed by atoms with E-state index < -0.39 is 0 Å². The Bertz CT molecular complexity index is 867. The predicted molar refractivity (Wildman–Crippen MR) is 120 cm³/mol. The maximum absolute atomic E-state index is 13.2. The summed E-state index contributed by atoms with van der Waals surface area (Å²) in [6.07, 6.45) is 6.19. The largest absolute Gasteiger partial charge is 0.490 e. The topological polar surface area (TPSA) is 97.0 Å². The fourth-order valence-corrected chi connectivity index (χ4v) is 4.92. The molecule has 1 saturated carbocycles. The van der Waals surface area contributed by atoms with Crippen LogP contribution in [0.4, 0.5) is 5.69 Å². The molecule has 32 heavy (non-hydrogen) atoms. The number of nitrogens with one attached hydrogen (secondary N) is 2. The average molecular weight is 444 g/mol. The van der Waals surface area contributed by atoms with Gasteiger partial charge in [-0.15, -0.1) is 0 Å². The van der Waals surface area contributed by atoms with E-state index in [9.17, 15) is 14.4 Å². The molecule has 8 nitrogen and oxygen atoms in total. The van der Waals surface area contributed by atoms with E-state index in [1.165, 1.54) is 12.8 Å². The Balaban J connectivity index is 1.42. The SMILES string of the molecule is CCC(=O)Nc1ccc2c(c1)C(=O)N(C)[C@H]1CC[C@@H](CC(=O)NC3CCCC3)O[C@@H]1CO2.